The summed E-state index contributed by atoms with van der Waals surface area (Å²) < 4.78 is 4.51. The fraction of sp³-hybridized carbons (Fsp3) is 1.00. The van der Waals surface area contributed by atoms with Crippen LogP contribution in [0.1, 0.15) is 6.42 Å². The second-order valence-electron chi connectivity index (χ2n) is 2.15. The lowest BCUT2D eigenvalue weighted by atomic mass is 10.5. The van der Waals surface area contributed by atoms with Crippen molar-refractivity contribution < 1.29 is 14.0 Å². The van der Waals surface area contributed by atoms with Crippen molar-refractivity contribution in [2.24, 2.45) is 0 Å². The highest BCUT2D eigenvalue weighted by molar-refractivity contribution is 6.57. The smallest absolute Gasteiger partial charge is 0.390 e. The molecule has 0 radical (unpaired) electrons. The molecule has 0 aromatic rings. The van der Waals surface area contributed by atoms with Crippen LogP contribution in [0.15, 0.2) is 0 Å². The molecular weight excluding hydrogens is 150 g/mol. The van der Waals surface area contributed by atoms with Gasteiger partial charge in [0.2, 0.25) is 0 Å². The van der Waals surface area contributed by atoms with E-state index in [-0.39, 0.29) is 0 Å². The second-order valence-corrected chi connectivity index (χ2v) is 4.55. The minimum atomic E-state index is -3.25. The number of hydrogen-bond donors (Lipinski definition) is 3. The molecule has 0 rings (SSSR count). The van der Waals surface area contributed by atoms with Gasteiger partial charge in [0.25, 0.3) is 0 Å². The van der Waals surface area contributed by atoms with Gasteiger partial charge < -0.3 is 19.3 Å². The van der Waals surface area contributed by atoms with E-state index in [0.717, 1.165) is 13.0 Å². The van der Waals surface area contributed by atoms with Gasteiger partial charge in [-0.3, -0.25) is 0 Å². The van der Waals surface area contributed by atoms with Gasteiger partial charge in [-0.1, -0.05) is 0 Å². The van der Waals surface area contributed by atoms with E-state index in [1.54, 1.807) is 0 Å². The van der Waals surface area contributed by atoms with Crippen LogP contribution in [0.2, 0.25) is 6.04 Å². The molecule has 62 valence electrons. The lowest BCUT2D eigenvalue weighted by Gasteiger charge is -2.13. The molecule has 0 aromatic heterocycles. The number of nitrogens with one attached hydrogen (secondary N) is 1. The van der Waals surface area contributed by atoms with Gasteiger partial charge in [-0.2, -0.15) is 0 Å². The quantitative estimate of drug-likeness (QED) is 0.367. The first-order chi connectivity index (χ1) is 4.62. The van der Waals surface area contributed by atoms with Gasteiger partial charge in [0.05, 0.1) is 0 Å². The minimum absolute atomic E-state index is 0.365. The molecule has 0 unspecified atom stereocenters. The van der Waals surface area contributed by atoms with Gasteiger partial charge in [-0.25, -0.2) is 0 Å². The van der Waals surface area contributed by atoms with Gasteiger partial charge in [0.1, 0.15) is 0 Å². The zero-order valence-electron chi connectivity index (χ0n) is 6.42. The summed E-state index contributed by atoms with van der Waals surface area (Å²) in [5, 5.41) is 2.91. The summed E-state index contributed by atoms with van der Waals surface area (Å²) in [6.45, 7) is 0.791. The molecule has 10 heavy (non-hydrogen) atoms. The summed E-state index contributed by atoms with van der Waals surface area (Å²) in [6, 6.07) is 0.365. The molecule has 0 spiro atoms. The molecule has 0 saturated heterocycles. The van der Waals surface area contributed by atoms with Crippen LogP contribution in [0, 0.1) is 0 Å². The maximum atomic E-state index is 8.99. The van der Waals surface area contributed by atoms with E-state index in [2.05, 4.69) is 9.74 Å². The third kappa shape index (κ3) is 4.89. The molecule has 0 aliphatic rings. The van der Waals surface area contributed by atoms with Crippen molar-refractivity contribution in [1.29, 1.82) is 0 Å². The molecule has 0 heterocycles. The maximum absolute atomic E-state index is 8.99. The summed E-state index contributed by atoms with van der Waals surface area (Å²) in [6.07, 6.45) is 0.740. The Kier molecular flexibility index (Phi) is 4.84. The van der Waals surface area contributed by atoms with Crippen molar-refractivity contribution >= 4 is 8.80 Å². The zero-order chi connectivity index (χ0) is 8.04. The van der Waals surface area contributed by atoms with E-state index in [9.17, 15) is 0 Å². The molecule has 0 aliphatic heterocycles. The minimum Gasteiger partial charge on any atom is -0.390 e. The van der Waals surface area contributed by atoms with Crippen LogP contribution in [0.5, 0.6) is 0 Å². The average Bonchev–Trinajstić information content (AvgIpc) is 1.89. The summed E-state index contributed by atoms with van der Waals surface area (Å²) in [5.74, 6) is 0. The largest absolute Gasteiger partial charge is 0.495 e. The molecule has 0 saturated carbocycles. The molecule has 4 nitrogen and oxygen atoms in total. The summed E-state index contributed by atoms with van der Waals surface area (Å²) in [7, 11) is -0.105. The Balaban J connectivity index is 3.28. The van der Waals surface area contributed by atoms with E-state index >= 15 is 0 Å². The van der Waals surface area contributed by atoms with Gasteiger partial charge >= 0.3 is 8.80 Å². The Hall–Kier alpha value is 0.0569. The van der Waals surface area contributed by atoms with Crippen LogP contribution in [0.25, 0.3) is 0 Å². The van der Waals surface area contributed by atoms with Crippen LogP contribution in [0.4, 0.5) is 0 Å². The van der Waals surface area contributed by atoms with Crippen LogP contribution in [-0.2, 0) is 4.43 Å². The molecule has 0 atom stereocenters. The van der Waals surface area contributed by atoms with Crippen molar-refractivity contribution in [1.82, 2.24) is 5.32 Å². The molecule has 3 N–H and O–H groups in total. The predicted molar refractivity (Wildman–Crippen MR) is 40.6 cm³/mol. The first-order valence-corrected chi connectivity index (χ1v) is 5.28. The Labute approximate surface area is 62.2 Å². The number of rotatable bonds is 5. The molecular formula is C5H15NO3Si. The van der Waals surface area contributed by atoms with Crippen LogP contribution < -0.4 is 5.32 Å². The average molecular weight is 165 g/mol. The number of hydrogen-bond acceptors (Lipinski definition) is 4. The molecule has 0 aliphatic carbocycles. The van der Waals surface area contributed by atoms with Crippen molar-refractivity contribution in [3.05, 3.63) is 0 Å². The van der Waals surface area contributed by atoms with Gasteiger partial charge in [0, 0.05) is 13.2 Å². The third-order valence-corrected chi connectivity index (χ3v) is 2.91. The van der Waals surface area contributed by atoms with Crippen molar-refractivity contribution in [3.63, 3.8) is 0 Å². The summed E-state index contributed by atoms with van der Waals surface area (Å²) >= 11 is 0. The highest BCUT2D eigenvalue weighted by atomic mass is 28.4. The van der Waals surface area contributed by atoms with Gasteiger partial charge in [0.15, 0.2) is 0 Å². The predicted octanol–water partition coefficient (Wildman–Crippen LogP) is -0.834. The third-order valence-electron chi connectivity index (χ3n) is 1.26. The lowest BCUT2D eigenvalue weighted by molar-refractivity contribution is 0.184. The molecule has 0 bridgehead atoms. The van der Waals surface area contributed by atoms with Crippen LogP contribution in [-0.4, -0.2) is 39.1 Å². The molecule has 0 amide bonds. The van der Waals surface area contributed by atoms with Gasteiger partial charge in [-0.05, 0) is 20.0 Å². The normalized spacial score (nSPS) is 12.0. The van der Waals surface area contributed by atoms with Crippen molar-refractivity contribution in [2.75, 3.05) is 20.7 Å². The van der Waals surface area contributed by atoms with Crippen molar-refractivity contribution in [2.45, 2.75) is 12.5 Å². The molecule has 0 fully saturated rings. The highest BCUT2D eigenvalue weighted by Gasteiger charge is 2.29. The van der Waals surface area contributed by atoms with E-state index in [4.69, 9.17) is 9.59 Å². The first kappa shape index (κ1) is 10.1. The zero-order valence-corrected chi connectivity index (χ0v) is 7.42. The molecule has 0 aromatic carbocycles. The van der Waals surface area contributed by atoms with E-state index in [0.29, 0.717) is 6.04 Å². The Morgan fingerprint density at radius 2 is 2.10 bits per heavy atom. The summed E-state index contributed by atoms with van der Waals surface area (Å²) in [4.78, 5) is 18.0. The van der Waals surface area contributed by atoms with E-state index in [1.165, 1.54) is 7.11 Å². The lowest BCUT2D eigenvalue weighted by Crippen LogP contribution is -2.37. The Morgan fingerprint density at radius 3 is 2.50 bits per heavy atom. The van der Waals surface area contributed by atoms with Gasteiger partial charge in [-0.15, -0.1) is 0 Å². The SMILES string of the molecule is CNCCC[Si](O)(O)OC. The standard InChI is InChI=1S/C5H15NO3Si/c1-6-4-3-5-10(7,8)9-2/h6-8H,3-5H2,1-2H3. The second kappa shape index (κ2) is 4.81. The van der Waals surface area contributed by atoms with E-state index in [1.807, 2.05) is 7.05 Å². The van der Waals surface area contributed by atoms with E-state index < -0.39 is 8.80 Å². The maximum Gasteiger partial charge on any atom is 0.495 e. The Morgan fingerprint density at radius 1 is 1.50 bits per heavy atom. The summed E-state index contributed by atoms with van der Waals surface area (Å²) in [5.41, 5.74) is 0. The van der Waals surface area contributed by atoms with Crippen LogP contribution >= 0.6 is 0 Å². The molecule has 5 heteroatoms. The fourth-order valence-corrected chi connectivity index (χ4v) is 1.44. The topological polar surface area (TPSA) is 61.7 Å². The highest BCUT2D eigenvalue weighted by Crippen LogP contribution is 2.03. The fourth-order valence-electron chi connectivity index (χ4n) is 0.598. The monoisotopic (exact) mass is 165 g/mol. The van der Waals surface area contributed by atoms with Crippen molar-refractivity contribution in [3.8, 4) is 0 Å². The Bertz CT molecular complexity index is 89.0. The van der Waals surface area contributed by atoms with Crippen LogP contribution in [0.3, 0.4) is 0 Å². The first-order valence-electron chi connectivity index (χ1n) is 3.27.